The van der Waals surface area contributed by atoms with Crippen molar-refractivity contribution in [3.05, 3.63) is 36.0 Å². The molecule has 0 saturated carbocycles. The van der Waals surface area contributed by atoms with Crippen LogP contribution in [-0.4, -0.2) is 40.5 Å². The molecule has 0 aliphatic heterocycles. The third kappa shape index (κ3) is 2.19. The van der Waals surface area contributed by atoms with Gasteiger partial charge in [-0.3, -0.25) is 4.79 Å². The lowest BCUT2D eigenvalue weighted by Crippen LogP contribution is -2.29. The Morgan fingerprint density at radius 1 is 1.26 bits per heavy atom. The van der Waals surface area contributed by atoms with Crippen molar-refractivity contribution < 1.29 is 14.7 Å². The van der Waals surface area contributed by atoms with Crippen molar-refractivity contribution >= 4 is 22.8 Å². The van der Waals surface area contributed by atoms with E-state index in [0.29, 0.717) is 5.39 Å². The highest BCUT2D eigenvalue weighted by atomic mass is 16.4. The van der Waals surface area contributed by atoms with Crippen LogP contribution in [0.25, 0.3) is 10.9 Å². The molecule has 2 rings (SSSR count). The molecule has 19 heavy (non-hydrogen) atoms. The number of likely N-dealkylation sites (N-methyl/N-ethyl adjacent to an activating group) is 1. The predicted octanol–water partition coefficient (Wildman–Crippen LogP) is 1.99. The first-order chi connectivity index (χ1) is 8.93. The zero-order valence-electron chi connectivity index (χ0n) is 11.1. The first-order valence-electron chi connectivity index (χ1n) is 5.97. The van der Waals surface area contributed by atoms with E-state index >= 15 is 0 Å². The summed E-state index contributed by atoms with van der Waals surface area (Å²) in [6.45, 7) is 1.80. The Kier molecular flexibility index (Phi) is 3.29. The van der Waals surface area contributed by atoms with E-state index in [2.05, 4.69) is 0 Å². The summed E-state index contributed by atoms with van der Waals surface area (Å²) in [6.07, 6.45) is 1.75. The van der Waals surface area contributed by atoms with E-state index in [0.717, 1.165) is 5.52 Å². The average molecular weight is 260 g/mol. The molecular formula is C14H16N2O3. The maximum atomic E-state index is 12.0. The van der Waals surface area contributed by atoms with E-state index < -0.39 is 5.97 Å². The molecule has 0 radical (unpaired) electrons. The molecule has 1 heterocycles. The van der Waals surface area contributed by atoms with Gasteiger partial charge >= 0.3 is 5.97 Å². The quantitative estimate of drug-likeness (QED) is 0.918. The molecular weight excluding hydrogens is 244 g/mol. The molecule has 1 amide bonds. The van der Waals surface area contributed by atoms with Crippen LogP contribution in [0.4, 0.5) is 0 Å². The number of carboxylic acids is 1. The molecule has 0 spiro atoms. The van der Waals surface area contributed by atoms with Crippen LogP contribution in [0.1, 0.15) is 23.3 Å². The van der Waals surface area contributed by atoms with Crippen LogP contribution in [-0.2, 0) is 4.79 Å². The monoisotopic (exact) mass is 260 g/mol. The summed E-state index contributed by atoms with van der Waals surface area (Å²) in [7, 11) is 3.40. The van der Waals surface area contributed by atoms with Crippen molar-refractivity contribution in [3.8, 4) is 0 Å². The van der Waals surface area contributed by atoms with Crippen LogP contribution < -0.4 is 0 Å². The van der Waals surface area contributed by atoms with E-state index in [9.17, 15) is 9.59 Å². The molecule has 1 aromatic heterocycles. The Labute approximate surface area is 111 Å². The third-order valence-corrected chi connectivity index (χ3v) is 3.21. The summed E-state index contributed by atoms with van der Waals surface area (Å²) in [6, 6.07) is 6.44. The van der Waals surface area contributed by atoms with Crippen molar-refractivity contribution in [2.24, 2.45) is 0 Å². The van der Waals surface area contributed by atoms with Gasteiger partial charge in [0, 0.05) is 31.2 Å². The highest BCUT2D eigenvalue weighted by molar-refractivity contribution is 6.03. The number of amides is 1. The second-order valence-electron chi connectivity index (χ2n) is 4.68. The fourth-order valence-corrected chi connectivity index (χ4v) is 2.21. The van der Waals surface area contributed by atoms with Gasteiger partial charge < -0.3 is 14.6 Å². The van der Waals surface area contributed by atoms with Gasteiger partial charge in [-0.15, -0.1) is 0 Å². The third-order valence-electron chi connectivity index (χ3n) is 3.21. The van der Waals surface area contributed by atoms with Gasteiger partial charge in [0.1, 0.15) is 6.04 Å². The maximum Gasteiger partial charge on any atom is 0.336 e. The fourth-order valence-electron chi connectivity index (χ4n) is 2.21. The van der Waals surface area contributed by atoms with E-state index in [1.807, 2.05) is 6.07 Å². The van der Waals surface area contributed by atoms with Gasteiger partial charge in [-0.25, -0.2) is 4.79 Å². The molecule has 100 valence electrons. The van der Waals surface area contributed by atoms with Gasteiger partial charge in [0.15, 0.2) is 0 Å². The summed E-state index contributed by atoms with van der Waals surface area (Å²) in [5, 5.41) is 9.79. The Morgan fingerprint density at radius 3 is 2.53 bits per heavy atom. The second-order valence-corrected chi connectivity index (χ2v) is 4.68. The highest BCUT2D eigenvalue weighted by Crippen LogP contribution is 2.24. The molecule has 1 atom stereocenters. The number of nitrogens with zero attached hydrogens (tertiary/aromatic N) is 2. The molecule has 0 saturated heterocycles. The molecule has 5 nitrogen and oxygen atoms in total. The number of carbonyl (C=O) groups excluding carboxylic acids is 1. The number of hydrogen-bond donors (Lipinski definition) is 1. The summed E-state index contributed by atoms with van der Waals surface area (Å²) >= 11 is 0. The Hall–Kier alpha value is -2.30. The van der Waals surface area contributed by atoms with Gasteiger partial charge in [-0.1, -0.05) is 6.07 Å². The van der Waals surface area contributed by atoms with Crippen molar-refractivity contribution in [3.63, 3.8) is 0 Å². The number of carbonyl (C=O) groups is 2. The Balaban J connectivity index is 2.55. The van der Waals surface area contributed by atoms with Crippen molar-refractivity contribution in [1.82, 2.24) is 9.47 Å². The first-order valence-corrected chi connectivity index (χ1v) is 5.97. The van der Waals surface area contributed by atoms with Crippen LogP contribution >= 0.6 is 0 Å². The van der Waals surface area contributed by atoms with E-state index in [4.69, 9.17) is 5.11 Å². The second kappa shape index (κ2) is 4.76. The summed E-state index contributed by atoms with van der Waals surface area (Å²) in [5.41, 5.74) is 1.00. The molecule has 0 bridgehead atoms. The smallest absolute Gasteiger partial charge is 0.336 e. The van der Waals surface area contributed by atoms with E-state index in [1.54, 1.807) is 50.0 Å². The van der Waals surface area contributed by atoms with Gasteiger partial charge in [0.05, 0.1) is 5.56 Å². The predicted molar refractivity (Wildman–Crippen MR) is 72.3 cm³/mol. The molecule has 1 unspecified atom stereocenters. The minimum Gasteiger partial charge on any atom is -0.478 e. The number of hydrogen-bond acceptors (Lipinski definition) is 2. The summed E-state index contributed by atoms with van der Waals surface area (Å²) < 4.78 is 1.80. The standard InChI is InChI=1S/C14H16N2O3/c1-9(13(17)15(2)3)16-8-7-10-11(14(18)19)5-4-6-12(10)16/h4-9H,1-3H3,(H,18,19). The minimum absolute atomic E-state index is 0.0294. The number of aromatic carboxylic acids is 1. The number of benzene rings is 1. The van der Waals surface area contributed by atoms with Crippen LogP contribution in [0.15, 0.2) is 30.5 Å². The molecule has 1 N–H and O–H groups in total. The fraction of sp³-hybridized carbons (Fsp3) is 0.286. The molecule has 1 aromatic carbocycles. The van der Waals surface area contributed by atoms with E-state index in [1.165, 1.54) is 4.90 Å². The Bertz CT molecular complexity index is 643. The largest absolute Gasteiger partial charge is 0.478 e. The molecule has 0 fully saturated rings. The van der Waals surface area contributed by atoms with Gasteiger partial charge in [-0.2, -0.15) is 0 Å². The van der Waals surface area contributed by atoms with Gasteiger partial charge in [-0.05, 0) is 25.1 Å². The van der Waals surface area contributed by atoms with Crippen LogP contribution in [0, 0.1) is 0 Å². The maximum absolute atomic E-state index is 12.0. The number of carboxylic acid groups (broad SMARTS) is 1. The summed E-state index contributed by atoms with van der Waals surface area (Å²) in [5.74, 6) is -0.992. The van der Waals surface area contributed by atoms with Crippen LogP contribution in [0.3, 0.4) is 0 Å². The van der Waals surface area contributed by atoms with Gasteiger partial charge in [0.25, 0.3) is 0 Å². The number of fused-ring (bicyclic) bond motifs is 1. The van der Waals surface area contributed by atoms with Crippen LogP contribution in [0.5, 0.6) is 0 Å². The zero-order valence-corrected chi connectivity index (χ0v) is 11.1. The lowest BCUT2D eigenvalue weighted by Gasteiger charge is -2.19. The zero-order chi connectivity index (χ0) is 14.2. The van der Waals surface area contributed by atoms with Crippen molar-refractivity contribution in [2.75, 3.05) is 14.1 Å². The number of aromatic nitrogens is 1. The molecule has 0 aliphatic rings. The first kappa shape index (κ1) is 13.1. The highest BCUT2D eigenvalue weighted by Gasteiger charge is 2.19. The lowest BCUT2D eigenvalue weighted by molar-refractivity contribution is -0.131. The van der Waals surface area contributed by atoms with Crippen molar-refractivity contribution in [2.45, 2.75) is 13.0 Å². The topological polar surface area (TPSA) is 62.5 Å². The Morgan fingerprint density at radius 2 is 1.95 bits per heavy atom. The molecule has 0 aliphatic carbocycles. The van der Waals surface area contributed by atoms with Gasteiger partial charge in [0.2, 0.25) is 5.91 Å². The normalized spacial score (nSPS) is 12.4. The average Bonchev–Trinajstić information content (AvgIpc) is 2.80. The van der Waals surface area contributed by atoms with E-state index in [-0.39, 0.29) is 17.5 Å². The lowest BCUT2D eigenvalue weighted by atomic mass is 10.1. The minimum atomic E-state index is -0.963. The van der Waals surface area contributed by atoms with Crippen molar-refractivity contribution in [1.29, 1.82) is 0 Å². The number of rotatable bonds is 3. The van der Waals surface area contributed by atoms with Crippen LogP contribution in [0.2, 0.25) is 0 Å². The summed E-state index contributed by atoms with van der Waals surface area (Å²) in [4.78, 5) is 24.7. The molecule has 2 aromatic rings. The SMILES string of the molecule is CC(C(=O)N(C)C)n1ccc2c(C(=O)O)cccc21. The molecule has 5 heteroatoms.